The van der Waals surface area contributed by atoms with E-state index in [1.807, 2.05) is 6.26 Å². The van der Waals surface area contributed by atoms with Crippen LogP contribution in [0.3, 0.4) is 0 Å². The molecule has 1 saturated heterocycles. The van der Waals surface area contributed by atoms with Gasteiger partial charge in [0, 0.05) is 78.2 Å². The van der Waals surface area contributed by atoms with Crippen molar-refractivity contribution in [1.29, 1.82) is 0 Å². The summed E-state index contributed by atoms with van der Waals surface area (Å²) in [5.74, 6) is -10.9. The summed E-state index contributed by atoms with van der Waals surface area (Å²) in [6.45, 7) is 7.04. The minimum atomic E-state index is -1.91. The number of H-pyrrole nitrogens is 3. The number of imidazole rings is 2. The highest BCUT2D eigenvalue weighted by Gasteiger charge is 2.41. The maximum Gasteiger partial charge on any atom is 0.327 e. The van der Waals surface area contributed by atoms with Gasteiger partial charge in [0.05, 0.1) is 25.1 Å². The van der Waals surface area contributed by atoms with Crippen molar-refractivity contribution < 1.29 is 63.0 Å². The van der Waals surface area contributed by atoms with Crippen LogP contribution >= 0.6 is 37.0 Å². The molecule has 1 aliphatic heterocycles. The van der Waals surface area contributed by atoms with Gasteiger partial charge in [-0.3, -0.25) is 47.9 Å². The fourth-order valence-corrected chi connectivity index (χ4v) is 10.4. The highest BCUT2D eigenvalue weighted by atomic mass is 32.2. The number of para-hydroxylation sites is 1. The lowest BCUT2D eigenvalue weighted by Gasteiger charge is -2.31. The number of hydrogen-bond acceptors (Lipinski definition) is 17. The van der Waals surface area contributed by atoms with Crippen molar-refractivity contribution in [3.8, 4) is 0 Å². The molecule has 464 valence electrons. The van der Waals surface area contributed by atoms with E-state index in [1.165, 1.54) is 41.7 Å². The van der Waals surface area contributed by atoms with E-state index in [9.17, 15) is 63.0 Å². The summed E-state index contributed by atoms with van der Waals surface area (Å²) in [6.07, 6.45) is 8.01. The third kappa shape index (κ3) is 20.3. The van der Waals surface area contributed by atoms with Gasteiger partial charge in [0.1, 0.15) is 54.4 Å². The minimum Gasteiger partial charge on any atom is -0.481 e. The normalized spacial score (nSPS) is 16.4. The van der Waals surface area contributed by atoms with Crippen LogP contribution in [0.25, 0.3) is 10.9 Å². The average Bonchev–Trinajstić information content (AvgIpc) is 4.54. The predicted octanol–water partition coefficient (Wildman–Crippen LogP) is -1.29. The van der Waals surface area contributed by atoms with Gasteiger partial charge in [0.25, 0.3) is 0 Å². The number of likely N-dealkylation sites (tertiary alicyclic amines) is 1. The van der Waals surface area contributed by atoms with Gasteiger partial charge in [-0.1, -0.05) is 45.9 Å². The molecule has 31 heteroatoms. The molecule has 10 atom stereocenters. The molecule has 0 saturated carbocycles. The van der Waals surface area contributed by atoms with E-state index in [0.29, 0.717) is 46.4 Å². The number of benzene rings is 1. The molecule has 3 aromatic heterocycles. The second-order valence-corrected chi connectivity index (χ2v) is 23.0. The van der Waals surface area contributed by atoms with Crippen molar-refractivity contribution in [3.63, 3.8) is 0 Å². The number of carboxylic acids is 2. The highest BCUT2D eigenvalue weighted by Crippen LogP contribution is 2.22. The van der Waals surface area contributed by atoms with Crippen LogP contribution in [-0.2, 0) is 72.0 Å². The molecule has 15 N–H and O–H groups in total. The van der Waals surface area contributed by atoms with E-state index < -0.39 is 138 Å². The third-order valence-corrected chi connectivity index (χ3v) is 15.3. The first-order chi connectivity index (χ1) is 40.4. The van der Waals surface area contributed by atoms with Crippen LogP contribution < -0.4 is 48.3 Å². The number of aromatic nitrogens is 5. The number of carboxylic acid groups (broad SMARTS) is 2. The molecule has 4 heterocycles. The van der Waals surface area contributed by atoms with Crippen LogP contribution in [0.4, 0.5) is 0 Å². The largest absolute Gasteiger partial charge is 0.481 e. The van der Waals surface area contributed by atoms with Crippen LogP contribution in [0.2, 0.25) is 0 Å². The summed E-state index contributed by atoms with van der Waals surface area (Å²) < 4.78 is 0. The van der Waals surface area contributed by atoms with Gasteiger partial charge in [0.15, 0.2) is 0 Å². The van der Waals surface area contributed by atoms with Crippen LogP contribution in [0, 0.1) is 11.8 Å². The number of thioether (sulfide) groups is 1. The molecular formula is C54H77N15O13S3. The van der Waals surface area contributed by atoms with Gasteiger partial charge in [-0.05, 0) is 61.2 Å². The standard InChI is InChI=1S/C54H77N15O13S3/c1-27(2)15-35(46(73)67-41(24-84)54(81)82)61-48(75)37(17-30-21-56-25-59-30)63-50(77)39(19-43(70)71)64-47(74)36(16-29-20-58-34-10-7-6-9-32(29)34)62-49(76)38(18-31-22-57-26-60-31)65-51(78)42-11-8-13-69(42)53(80)40(23-83)66-52(79)44(28(3)4)68-45(72)33(55)12-14-85-5/h6-7,9-10,20-22,25-28,33,35-42,44,58,83-84H,8,11-19,23-24,55H2,1-5H3,(H,56,59)(H,57,60)(H,61,75)(H,62,76)(H,63,77)(H,64,74)(H,65,78)(H,66,79)(H,67,73)(H,68,72)(H,70,71)(H,81,82)/t33-,35-,36-,37-,38-,39-,40-,41-,42-,44-/m0/s1. The number of nitrogens with one attached hydrogen (secondary N) is 11. The highest BCUT2D eigenvalue weighted by molar-refractivity contribution is 7.98. The topological polar surface area (TPSA) is 427 Å². The lowest BCUT2D eigenvalue weighted by molar-refractivity contribution is -0.142. The number of aliphatic carboxylic acids is 2. The Kier molecular flexibility index (Phi) is 26.6. The van der Waals surface area contributed by atoms with Crippen molar-refractivity contribution in [2.45, 2.75) is 139 Å². The molecule has 5 rings (SSSR count). The smallest absolute Gasteiger partial charge is 0.327 e. The van der Waals surface area contributed by atoms with Crippen molar-refractivity contribution in [2.75, 3.05) is 30.1 Å². The van der Waals surface area contributed by atoms with Crippen LogP contribution in [0.5, 0.6) is 0 Å². The lowest BCUT2D eigenvalue weighted by atomic mass is 10.0. The molecule has 0 bridgehead atoms. The molecule has 28 nitrogen and oxygen atoms in total. The second-order valence-electron chi connectivity index (χ2n) is 21.3. The Balaban J connectivity index is 1.40. The number of thiol groups is 2. The van der Waals surface area contributed by atoms with Crippen molar-refractivity contribution in [1.82, 2.24) is 72.4 Å². The van der Waals surface area contributed by atoms with E-state index in [2.05, 4.69) is 92.7 Å². The van der Waals surface area contributed by atoms with E-state index in [4.69, 9.17) is 5.73 Å². The number of rotatable bonds is 34. The van der Waals surface area contributed by atoms with Crippen molar-refractivity contribution in [3.05, 3.63) is 72.5 Å². The first-order valence-corrected chi connectivity index (χ1v) is 30.2. The van der Waals surface area contributed by atoms with Gasteiger partial charge in [-0.25, -0.2) is 14.8 Å². The first-order valence-electron chi connectivity index (χ1n) is 27.6. The molecule has 1 aliphatic rings. The molecule has 1 fully saturated rings. The molecule has 1 aromatic carbocycles. The maximum absolute atomic E-state index is 14.8. The molecule has 85 heavy (non-hydrogen) atoms. The Morgan fingerprint density at radius 1 is 0.671 bits per heavy atom. The summed E-state index contributed by atoms with van der Waals surface area (Å²) in [7, 11) is 0. The number of amides is 9. The lowest BCUT2D eigenvalue weighted by Crippen LogP contribution is -2.61. The fraction of sp³-hybridized carbons (Fsp3) is 0.537. The molecule has 0 spiro atoms. The van der Waals surface area contributed by atoms with E-state index in [-0.39, 0.29) is 56.1 Å². The van der Waals surface area contributed by atoms with Gasteiger partial charge in [-0.15, -0.1) is 0 Å². The van der Waals surface area contributed by atoms with Gasteiger partial charge < -0.3 is 78.3 Å². The van der Waals surface area contributed by atoms with E-state index in [0.717, 1.165) is 0 Å². The number of aromatic amines is 3. The number of carbonyl (C=O) groups excluding carboxylic acids is 9. The quantitative estimate of drug-likeness (QED) is 0.0242. The van der Waals surface area contributed by atoms with E-state index >= 15 is 0 Å². The Bertz CT molecular complexity index is 2950. The monoisotopic (exact) mass is 1240 g/mol. The molecule has 9 amide bonds. The van der Waals surface area contributed by atoms with Crippen LogP contribution in [0.15, 0.2) is 55.5 Å². The Labute approximate surface area is 505 Å². The van der Waals surface area contributed by atoms with Gasteiger partial charge in [0.2, 0.25) is 53.2 Å². The molecule has 0 aliphatic carbocycles. The number of nitrogens with zero attached hydrogens (tertiary/aromatic N) is 3. The summed E-state index contributed by atoms with van der Waals surface area (Å²) in [5.41, 5.74) is 7.93. The number of nitrogens with two attached hydrogens (primary N) is 1. The zero-order valence-electron chi connectivity index (χ0n) is 47.7. The average molecular weight is 1240 g/mol. The predicted molar refractivity (Wildman–Crippen MR) is 320 cm³/mol. The third-order valence-electron chi connectivity index (χ3n) is 14.0. The van der Waals surface area contributed by atoms with E-state index in [1.54, 1.807) is 58.2 Å². The van der Waals surface area contributed by atoms with Gasteiger partial charge in [-0.2, -0.15) is 37.0 Å². The maximum atomic E-state index is 14.8. The molecule has 4 aromatic rings. The summed E-state index contributed by atoms with van der Waals surface area (Å²) >= 11 is 9.87. The van der Waals surface area contributed by atoms with Crippen LogP contribution in [-0.4, -0.2) is 196 Å². The fourth-order valence-electron chi connectivity index (χ4n) is 9.40. The summed E-state index contributed by atoms with van der Waals surface area (Å²) in [6, 6.07) is -6.53. The Hall–Kier alpha value is -7.64. The Morgan fingerprint density at radius 2 is 1.20 bits per heavy atom. The number of fused-ring (bicyclic) bond motifs is 1. The van der Waals surface area contributed by atoms with Crippen molar-refractivity contribution in [2.24, 2.45) is 17.6 Å². The Morgan fingerprint density at radius 3 is 1.74 bits per heavy atom. The first kappa shape index (κ1) is 68.1. The van der Waals surface area contributed by atoms with Crippen molar-refractivity contribution >= 4 is 113 Å². The summed E-state index contributed by atoms with van der Waals surface area (Å²) in [4.78, 5) is 169. The van der Waals surface area contributed by atoms with Crippen LogP contribution in [0.1, 0.15) is 76.8 Å². The number of hydrogen-bond donors (Lipinski definition) is 16. The number of carbonyl (C=O) groups is 11. The molecule has 0 unspecified atom stereocenters. The molecule has 0 radical (unpaired) electrons. The second kappa shape index (κ2) is 33.2. The molecular weight excluding hydrogens is 1160 g/mol. The zero-order valence-corrected chi connectivity index (χ0v) is 50.3. The SMILES string of the molecule is CSCC[C@H](N)C(=O)N[C@H](C(=O)N[C@@H](CS)C(=O)N1CCC[C@H]1C(=O)N[C@@H](Cc1cnc[nH]1)C(=O)N[C@@H](Cc1c[nH]c2ccccc12)C(=O)N[C@@H](CC(=O)O)C(=O)N[C@@H](Cc1cnc[nH]1)C(=O)N[C@@H](CC(C)C)C(=O)N[C@@H](CS)C(=O)O)C(C)C. The zero-order chi connectivity index (χ0) is 62.5. The summed E-state index contributed by atoms with van der Waals surface area (Å²) in [5, 5.41) is 41.0. The van der Waals surface area contributed by atoms with Gasteiger partial charge >= 0.3 is 11.9 Å². The minimum absolute atomic E-state index is 0.0316.